The molecule has 1 fully saturated rings. The van der Waals surface area contributed by atoms with Crippen molar-refractivity contribution in [1.82, 2.24) is 9.55 Å². The summed E-state index contributed by atoms with van der Waals surface area (Å²) in [6, 6.07) is 0.288. The quantitative estimate of drug-likeness (QED) is 0.791. The van der Waals surface area contributed by atoms with Crippen LogP contribution in [0.1, 0.15) is 20.3 Å². The number of aryl methyl sites for hydroxylation is 1. The molecule has 1 aromatic rings. The summed E-state index contributed by atoms with van der Waals surface area (Å²) in [4.78, 5) is 6.72. The fraction of sp³-hybridized carbons (Fsp3) is 0.727. The van der Waals surface area contributed by atoms with E-state index in [-0.39, 0.29) is 6.04 Å². The van der Waals surface area contributed by atoms with E-state index in [1.807, 2.05) is 12.4 Å². The third kappa shape index (κ3) is 2.15. The zero-order chi connectivity index (χ0) is 10.8. The Hall–Kier alpha value is -1.03. The molecule has 84 valence electrons. The smallest absolute Gasteiger partial charge is 0.205 e. The molecule has 0 spiro atoms. The lowest BCUT2D eigenvalue weighted by atomic mass is 9.97. The molecule has 0 aliphatic carbocycles. The first-order chi connectivity index (χ1) is 7.20. The minimum atomic E-state index is 0.288. The average molecular weight is 208 g/mol. The lowest BCUT2D eigenvalue weighted by Gasteiger charge is -2.35. The number of rotatable bonds is 2. The first kappa shape index (κ1) is 10.5. The molecule has 4 heteroatoms. The number of hydrogen-bond acceptors (Lipinski definition) is 3. The molecule has 0 amide bonds. The molecule has 0 saturated carbocycles. The fourth-order valence-corrected chi connectivity index (χ4v) is 2.39. The molecule has 2 N–H and O–H groups in total. The van der Waals surface area contributed by atoms with Crippen molar-refractivity contribution in [2.75, 3.05) is 18.0 Å². The van der Waals surface area contributed by atoms with Crippen LogP contribution in [0, 0.1) is 5.92 Å². The van der Waals surface area contributed by atoms with Crippen LogP contribution in [0.5, 0.6) is 0 Å². The Morgan fingerprint density at radius 1 is 1.53 bits per heavy atom. The summed E-state index contributed by atoms with van der Waals surface area (Å²) in [5.41, 5.74) is 6.03. The highest BCUT2D eigenvalue weighted by atomic mass is 15.3. The number of piperidine rings is 1. The molecule has 0 bridgehead atoms. The van der Waals surface area contributed by atoms with Crippen LogP contribution in [-0.2, 0) is 6.54 Å². The molecule has 2 atom stereocenters. The first-order valence-corrected chi connectivity index (χ1v) is 5.72. The maximum Gasteiger partial charge on any atom is 0.205 e. The van der Waals surface area contributed by atoms with Gasteiger partial charge in [-0.05, 0) is 19.3 Å². The number of imidazole rings is 1. The molecule has 2 rings (SSSR count). The van der Waals surface area contributed by atoms with Gasteiger partial charge in [-0.15, -0.1) is 0 Å². The molecule has 4 nitrogen and oxygen atoms in total. The van der Waals surface area contributed by atoms with Gasteiger partial charge in [-0.1, -0.05) is 6.92 Å². The minimum Gasteiger partial charge on any atom is -0.340 e. The van der Waals surface area contributed by atoms with Crippen molar-refractivity contribution in [2.24, 2.45) is 11.7 Å². The van der Waals surface area contributed by atoms with E-state index in [2.05, 4.69) is 28.3 Å². The van der Waals surface area contributed by atoms with Gasteiger partial charge >= 0.3 is 0 Å². The van der Waals surface area contributed by atoms with E-state index >= 15 is 0 Å². The summed E-state index contributed by atoms with van der Waals surface area (Å²) in [5.74, 6) is 1.73. The molecule has 2 unspecified atom stereocenters. The summed E-state index contributed by atoms with van der Waals surface area (Å²) in [7, 11) is 0. The first-order valence-electron chi connectivity index (χ1n) is 5.72. The van der Waals surface area contributed by atoms with Gasteiger partial charge in [0, 0.05) is 38.1 Å². The van der Waals surface area contributed by atoms with E-state index in [9.17, 15) is 0 Å². The van der Waals surface area contributed by atoms with Crippen LogP contribution in [0.15, 0.2) is 12.4 Å². The highest BCUT2D eigenvalue weighted by molar-refractivity contribution is 5.32. The second kappa shape index (κ2) is 4.23. The zero-order valence-corrected chi connectivity index (χ0v) is 9.56. The van der Waals surface area contributed by atoms with Gasteiger partial charge in [-0.25, -0.2) is 4.98 Å². The van der Waals surface area contributed by atoms with Gasteiger partial charge in [-0.2, -0.15) is 0 Å². The van der Waals surface area contributed by atoms with Gasteiger partial charge in [0.05, 0.1) is 0 Å². The van der Waals surface area contributed by atoms with E-state index in [1.165, 1.54) is 0 Å². The predicted octanol–water partition coefficient (Wildman–Crippen LogP) is 1.08. The summed E-state index contributed by atoms with van der Waals surface area (Å²) >= 11 is 0. The van der Waals surface area contributed by atoms with Crippen LogP contribution < -0.4 is 10.6 Å². The van der Waals surface area contributed by atoms with Gasteiger partial charge in [0.15, 0.2) is 0 Å². The van der Waals surface area contributed by atoms with E-state index in [1.54, 1.807) is 0 Å². The highest BCUT2D eigenvalue weighted by Crippen LogP contribution is 2.20. The summed E-state index contributed by atoms with van der Waals surface area (Å²) in [6.07, 6.45) is 5.02. The average Bonchev–Trinajstić information content (AvgIpc) is 2.63. The molecule has 1 aromatic heterocycles. The molecule has 0 radical (unpaired) electrons. The molecule has 0 aromatic carbocycles. The topological polar surface area (TPSA) is 47.1 Å². The molecule has 15 heavy (non-hydrogen) atoms. The maximum atomic E-state index is 6.03. The Labute approximate surface area is 91.1 Å². The van der Waals surface area contributed by atoms with E-state index in [0.29, 0.717) is 5.92 Å². The zero-order valence-electron chi connectivity index (χ0n) is 9.56. The summed E-state index contributed by atoms with van der Waals surface area (Å²) in [6.45, 7) is 7.37. The van der Waals surface area contributed by atoms with Crippen molar-refractivity contribution in [1.29, 1.82) is 0 Å². The number of anilines is 1. The number of nitrogens with two attached hydrogens (primary N) is 1. The Bertz CT molecular complexity index is 310. The summed E-state index contributed by atoms with van der Waals surface area (Å²) < 4.78 is 2.17. The standard InChI is InChI=1S/C11H20N4/c1-3-14-5-4-13-11(14)15-7-9(2)6-10(12)8-15/h4-5,9-10H,3,6-8,12H2,1-2H3. The monoisotopic (exact) mass is 208 g/mol. The molecular weight excluding hydrogens is 188 g/mol. The minimum absolute atomic E-state index is 0.288. The van der Waals surface area contributed by atoms with Crippen molar-refractivity contribution >= 4 is 5.95 Å². The lowest BCUT2D eigenvalue weighted by molar-refractivity contribution is 0.395. The molecular formula is C11H20N4. The lowest BCUT2D eigenvalue weighted by Crippen LogP contribution is -2.47. The van der Waals surface area contributed by atoms with Crippen LogP contribution >= 0.6 is 0 Å². The Kier molecular flexibility index (Phi) is 2.95. The van der Waals surface area contributed by atoms with Crippen molar-refractivity contribution in [3.8, 4) is 0 Å². The van der Waals surface area contributed by atoms with Crippen LogP contribution in [0.2, 0.25) is 0 Å². The van der Waals surface area contributed by atoms with Crippen molar-refractivity contribution in [3.05, 3.63) is 12.4 Å². The third-order valence-electron chi connectivity index (χ3n) is 3.01. The summed E-state index contributed by atoms with van der Waals surface area (Å²) in [5, 5.41) is 0. The maximum absolute atomic E-state index is 6.03. The second-order valence-corrected chi connectivity index (χ2v) is 4.52. The van der Waals surface area contributed by atoms with Gasteiger partial charge in [0.2, 0.25) is 5.95 Å². The Balaban J connectivity index is 2.16. The highest BCUT2D eigenvalue weighted by Gasteiger charge is 2.24. The number of aromatic nitrogens is 2. The molecule has 2 heterocycles. The number of nitrogens with zero attached hydrogens (tertiary/aromatic N) is 3. The molecule has 1 aliphatic heterocycles. The van der Waals surface area contributed by atoms with Crippen LogP contribution in [-0.4, -0.2) is 28.7 Å². The SMILES string of the molecule is CCn1ccnc1N1CC(C)CC(N)C1. The largest absolute Gasteiger partial charge is 0.340 e. The van der Waals surface area contributed by atoms with Gasteiger partial charge in [0.25, 0.3) is 0 Å². The van der Waals surface area contributed by atoms with E-state index in [0.717, 1.165) is 32.0 Å². The van der Waals surface area contributed by atoms with Crippen LogP contribution in [0.3, 0.4) is 0 Å². The second-order valence-electron chi connectivity index (χ2n) is 4.52. The van der Waals surface area contributed by atoms with Gasteiger partial charge in [-0.3, -0.25) is 0 Å². The van der Waals surface area contributed by atoms with Gasteiger partial charge < -0.3 is 15.2 Å². The molecule has 1 saturated heterocycles. The number of hydrogen-bond donors (Lipinski definition) is 1. The third-order valence-corrected chi connectivity index (χ3v) is 3.01. The Morgan fingerprint density at radius 3 is 3.00 bits per heavy atom. The van der Waals surface area contributed by atoms with Crippen LogP contribution in [0.25, 0.3) is 0 Å². The van der Waals surface area contributed by atoms with Crippen molar-refractivity contribution in [2.45, 2.75) is 32.9 Å². The molecule has 1 aliphatic rings. The van der Waals surface area contributed by atoms with Gasteiger partial charge in [0.1, 0.15) is 0 Å². The van der Waals surface area contributed by atoms with Crippen LogP contribution in [0.4, 0.5) is 5.95 Å². The van der Waals surface area contributed by atoms with Crippen molar-refractivity contribution < 1.29 is 0 Å². The predicted molar refractivity (Wildman–Crippen MR) is 61.9 cm³/mol. The fourth-order valence-electron chi connectivity index (χ4n) is 2.39. The normalized spacial score (nSPS) is 27.0. The van der Waals surface area contributed by atoms with E-state index in [4.69, 9.17) is 5.73 Å². The van der Waals surface area contributed by atoms with E-state index < -0.39 is 0 Å². The van der Waals surface area contributed by atoms with Crippen molar-refractivity contribution in [3.63, 3.8) is 0 Å². The Morgan fingerprint density at radius 2 is 2.33 bits per heavy atom.